The summed E-state index contributed by atoms with van der Waals surface area (Å²) in [5, 5.41) is 3.54. The lowest BCUT2D eigenvalue weighted by molar-refractivity contribution is 0.151. The van der Waals surface area contributed by atoms with Crippen molar-refractivity contribution in [3.8, 4) is 11.5 Å². The second kappa shape index (κ2) is 6.42. The molecule has 3 rings (SSSR count). The van der Waals surface area contributed by atoms with Gasteiger partial charge in [0.05, 0.1) is 12.6 Å². The zero-order chi connectivity index (χ0) is 15.5. The lowest BCUT2D eigenvalue weighted by Gasteiger charge is -2.22. The molecule has 5 nitrogen and oxygen atoms in total. The summed E-state index contributed by atoms with van der Waals surface area (Å²) in [6.45, 7) is 4.88. The summed E-state index contributed by atoms with van der Waals surface area (Å²) in [5.74, 6) is 3.37. The minimum absolute atomic E-state index is 0.000812. The van der Waals surface area contributed by atoms with Crippen molar-refractivity contribution in [1.82, 2.24) is 5.32 Å². The maximum Gasteiger partial charge on any atom is 0.231 e. The predicted molar refractivity (Wildman–Crippen MR) is 82.2 cm³/mol. The van der Waals surface area contributed by atoms with E-state index in [0.717, 1.165) is 28.6 Å². The van der Waals surface area contributed by atoms with Crippen molar-refractivity contribution in [1.29, 1.82) is 0 Å². The molecule has 1 aliphatic heterocycles. The Morgan fingerprint density at radius 2 is 2.00 bits per heavy atom. The standard InChI is InChI=1S/C17H21NO4/c1-11-4-6-15(22-11)14(9-19-3)18-12(2)13-5-7-16-17(8-13)21-10-20-16/h4-8,12,14,18H,9-10H2,1-3H3/t12-,14-/m1/s1. The molecule has 0 saturated carbocycles. The number of aryl methyl sites for hydroxylation is 1. The van der Waals surface area contributed by atoms with Crippen LogP contribution in [0, 0.1) is 6.92 Å². The van der Waals surface area contributed by atoms with Crippen LogP contribution in [0.1, 0.15) is 36.1 Å². The zero-order valence-electron chi connectivity index (χ0n) is 13.1. The van der Waals surface area contributed by atoms with Gasteiger partial charge in [0.2, 0.25) is 6.79 Å². The van der Waals surface area contributed by atoms with Crippen molar-refractivity contribution in [3.05, 3.63) is 47.4 Å². The smallest absolute Gasteiger partial charge is 0.231 e. The summed E-state index contributed by atoms with van der Waals surface area (Å²) in [7, 11) is 1.69. The van der Waals surface area contributed by atoms with E-state index in [4.69, 9.17) is 18.6 Å². The largest absolute Gasteiger partial charge is 0.465 e. The van der Waals surface area contributed by atoms with Crippen LogP contribution in [0.3, 0.4) is 0 Å². The molecule has 0 fully saturated rings. The Balaban J connectivity index is 1.74. The molecule has 0 amide bonds. The number of benzene rings is 1. The molecule has 0 saturated heterocycles. The van der Waals surface area contributed by atoms with E-state index in [1.807, 2.05) is 37.3 Å². The van der Waals surface area contributed by atoms with E-state index < -0.39 is 0 Å². The van der Waals surface area contributed by atoms with Crippen molar-refractivity contribution in [2.45, 2.75) is 25.9 Å². The molecule has 0 bridgehead atoms. The Labute approximate surface area is 130 Å². The average Bonchev–Trinajstić information content (AvgIpc) is 3.14. The minimum Gasteiger partial charge on any atom is -0.465 e. The number of hydrogen-bond acceptors (Lipinski definition) is 5. The molecule has 22 heavy (non-hydrogen) atoms. The molecular formula is C17H21NO4. The molecule has 0 unspecified atom stereocenters. The van der Waals surface area contributed by atoms with Crippen LogP contribution in [0.15, 0.2) is 34.7 Å². The van der Waals surface area contributed by atoms with E-state index in [9.17, 15) is 0 Å². The molecule has 0 radical (unpaired) electrons. The van der Waals surface area contributed by atoms with Gasteiger partial charge in [-0.1, -0.05) is 6.07 Å². The van der Waals surface area contributed by atoms with Gasteiger partial charge in [0.25, 0.3) is 0 Å². The Bertz CT molecular complexity index is 637. The SMILES string of the molecule is COC[C@@H](N[C@H](C)c1ccc2c(c1)OCO2)c1ccc(C)o1. The van der Waals surface area contributed by atoms with Crippen LogP contribution in [0.5, 0.6) is 11.5 Å². The van der Waals surface area contributed by atoms with Crippen molar-refractivity contribution in [2.75, 3.05) is 20.5 Å². The van der Waals surface area contributed by atoms with Crippen LogP contribution in [-0.2, 0) is 4.74 Å². The van der Waals surface area contributed by atoms with Gasteiger partial charge in [-0.15, -0.1) is 0 Å². The number of ether oxygens (including phenoxy) is 3. The first kappa shape index (κ1) is 14.9. The number of hydrogen-bond donors (Lipinski definition) is 1. The lowest BCUT2D eigenvalue weighted by atomic mass is 10.1. The summed E-state index contributed by atoms with van der Waals surface area (Å²) in [6.07, 6.45) is 0. The fraction of sp³-hybridized carbons (Fsp3) is 0.412. The lowest BCUT2D eigenvalue weighted by Crippen LogP contribution is -2.27. The van der Waals surface area contributed by atoms with Gasteiger partial charge >= 0.3 is 0 Å². The van der Waals surface area contributed by atoms with Crippen LogP contribution in [0.4, 0.5) is 0 Å². The first-order chi connectivity index (χ1) is 10.7. The van der Waals surface area contributed by atoms with Crippen LogP contribution >= 0.6 is 0 Å². The van der Waals surface area contributed by atoms with E-state index in [2.05, 4.69) is 12.2 Å². The molecule has 1 N–H and O–H groups in total. The van der Waals surface area contributed by atoms with Gasteiger partial charge in [-0.2, -0.15) is 0 Å². The third-order valence-electron chi connectivity index (χ3n) is 3.79. The molecule has 1 aromatic carbocycles. The summed E-state index contributed by atoms with van der Waals surface area (Å²) in [5.41, 5.74) is 1.13. The van der Waals surface area contributed by atoms with Crippen LogP contribution < -0.4 is 14.8 Å². The third kappa shape index (κ3) is 3.10. The van der Waals surface area contributed by atoms with Crippen LogP contribution in [0.2, 0.25) is 0 Å². The van der Waals surface area contributed by atoms with Crippen molar-refractivity contribution in [2.24, 2.45) is 0 Å². The summed E-state index contributed by atoms with van der Waals surface area (Å²) < 4.78 is 21.8. The van der Waals surface area contributed by atoms with E-state index in [1.54, 1.807) is 7.11 Å². The van der Waals surface area contributed by atoms with Gasteiger partial charge in [0.15, 0.2) is 11.5 Å². The highest BCUT2D eigenvalue weighted by molar-refractivity contribution is 5.45. The molecule has 1 aromatic heterocycles. The monoisotopic (exact) mass is 303 g/mol. The number of methoxy groups -OCH3 is 1. The third-order valence-corrected chi connectivity index (χ3v) is 3.79. The van der Waals surface area contributed by atoms with E-state index in [0.29, 0.717) is 13.4 Å². The summed E-state index contributed by atoms with van der Waals surface area (Å²) in [6, 6.07) is 10.1. The van der Waals surface area contributed by atoms with Crippen molar-refractivity contribution >= 4 is 0 Å². The summed E-state index contributed by atoms with van der Waals surface area (Å²) >= 11 is 0. The second-order valence-electron chi connectivity index (χ2n) is 5.46. The van der Waals surface area contributed by atoms with E-state index in [1.165, 1.54) is 0 Å². The topological polar surface area (TPSA) is 52.9 Å². The Hall–Kier alpha value is -1.98. The number of rotatable bonds is 6. The number of fused-ring (bicyclic) bond motifs is 1. The molecule has 5 heteroatoms. The van der Waals surface area contributed by atoms with Gasteiger partial charge < -0.3 is 18.6 Å². The Kier molecular flexibility index (Phi) is 4.36. The fourth-order valence-electron chi connectivity index (χ4n) is 2.60. The molecule has 118 valence electrons. The van der Waals surface area contributed by atoms with E-state index >= 15 is 0 Å². The highest BCUT2D eigenvalue weighted by atomic mass is 16.7. The van der Waals surface area contributed by atoms with Gasteiger partial charge in [-0.05, 0) is 43.7 Å². The predicted octanol–water partition coefficient (Wildman–Crippen LogP) is 3.36. The van der Waals surface area contributed by atoms with Crippen molar-refractivity contribution in [3.63, 3.8) is 0 Å². The quantitative estimate of drug-likeness (QED) is 0.887. The van der Waals surface area contributed by atoms with Gasteiger partial charge in [0, 0.05) is 13.2 Å². The summed E-state index contributed by atoms with van der Waals surface area (Å²) in [4.78, 5) is 0. The molecule has 2 atom stereocenters. The maximum atomic E-state index is 5.72. The maximum absolute atomic E-state index is 5.72. The molecule has 0 spiro atoms. The first-order valence-electron chi connectivity index (χ1n) is 7.38. The molecule has 0 aliphatic carbocycles. The van der Waals surface area contributed by atoms with Gasteiger partial charge in [0.1, 0.15) is 11.5 Å². The average molecular weight is 303 g/mol. The Morgan fingerprint density at radius 1 is 1.18 bits per heavy atom. The Morgan fingerprint density at radius 3 is 2.73 bits per heavy atom. The molecule has 1 aliphatic rings. The van der Waals surface area contributed by atoms with Gasteiger partial charge in [-0.25, -0.2) is 0 Å². The molecule has 2 heterocycles. The fourth-order valence-corrected chi connectivity index (χ4v) is 2.60. The minimum atomic E-state index is -0.000812. The van der Waals surface area contributed by atoms with Gasteiger partial charge in [-0.3, -0.25) is 5.32 Å². The number of furan rings is 1. The highest BCUT2D eigenvalue weighted by Gasteiger charge is 2.20. The normalized spacial score (nSPS) is 15.8. The zero-order valence-corrected chi connectivity index (χ0v) is 13.1. The van der Waals surface area contributed by atoms with Crippen LogP contribution in [0.25, 0.3) is 0 Å². The second-order valence-corrected chi connectivity index (χ2v) is 5.46. The highest BCUT2D eigenvalue weighted by Crippen LogP contribution is 2.34. The molecular weight excluding hydrogens is 282 g/mol. The van der Waals surface area contributed by atoms with E-state index in [-0.39, 0.29) is 12.1 Å². The number of nitrogens with one attached hydrogen (secondary N) is 1. The first-order valence-corrected chi connectivity index (χ1v) is 7.38. The van der Waals surface area contributed by atoms with Crippen molar-refractivity contribution < 1.29 is 18.6 Å². The van der Waals surface area contributed by atoms with Crippen LogP contribution in [-0.4, -0.2) is 20.5 Å². The molecule has 2 aromatic rings.